The fraction of sp³-hybridized carbons (Fsp3) is 0.0909. The predicted octanol–water partition coefficient (Wildman–Crippen LogP) is 0.348. The first kappa shape index (κ1) is 14.6. The van der Waals surface area contributed by atoms with E-state index in [1.54, 1.807) is 0 Å². The van der Waals surface area contributed by atoms with Gasteiger partial charge in [0.25, 0.3) is 0 Å². The molecule has 0 amide bonds. The minimum absolute atomic E-state index is 0.530. The van der Waals surface area contributed by atoms with Crippen molar-refractivity contribution in [1.82, 2.24) is 4.98 Å². The van der Waals surface area contributed by atoms with E-state index < -0.39 is 0 Å². The van der Waals surface area contributed by atoms with Crippen LogP contribution in [0.1, 0.15) is 0 Å². The van der Waals surface area contributed by atoms with E-state index in [1.165, 1.54) is 11.1 Å². The van der Waals surface area contributed by atoms with Crippen LogP contribution in [0.3, 0.4) is 0 Å². The summed E-state index contributed by atoms with van der Waals surface area (Å²) >= 11 is 5.30. The number of rotatable bonds is 1. The molecular weight excluding hydrogens is 541 g/mol. The molecule has 0 aromatic carbocycles. The molecule has 2 heterocycles. The monoisotopic (exact) mass is 552 g/mol. The van der Waals surface area contributed by atoms with Crippen LogP contribution in [0.5, 0.6) is 0 Å². The van der Waals surface area contributed by atoms with Crippen molar-refractivity contribution in [3.8, 4) is 11.1 Å². The third kappa shape index (κ3) is 5.21. The number of pyridine rings is 2. The van der Waals surface area contributed by atoms with Crippen molar-refractivity contribution in [3.05, 3.63) is 49.1 Å². The van der Waals surface area contributed by atoms with Crippen LogP contribution in [-0.4, -0.2) is 4.98 Å². The molecule has 86 valence electrons. The van der Waals surface area contributed by atoms with E-state index in [0.29, 0.717) is 13.3 Å². The number of aromatic nitrogens is 2. The van der Waals surface area contributed by atoms with Gasteiger partial charge < -0.3 is 0 Å². The molecule has 0 aliphatic carbocycles. The molecule has 0 saturated heterocycles. The van der Waals surface area contributed by atoms with E-state index in [0.717, 1.165) is 0 Å². The van der Waals surface area contributed by atoms with E-state index >= 15 is 0 Å². The van der Waals surface area contributed by atoms with Crippen molar-refractivity contribution >= 4 is 37.2 Å². The van der Waals surface area contributed by atoms with Gasteiger partial charge >= 0.3 is 50.5 Å². The summed E-state index contributed by atoms with van der Waals surface area (Å²) in [5, 5.41) is 0. The molecule has 0 spiro atoms. The van der Waals surface area contributed by atoms with E-state index in [9.17, 15) is 0 Å². The Bertz CT molecular complexity index is 403. The molecule has 0 fully saturated rings. The van der Waals surface area contributed by atoms with Crippen molar-refractivity contribution in [2.24, 2.45) is 7.05 Å². The molecule has 2 aromatic heterocycles. The maximum atomic E-state index is 3.98. The van der Waals surface area contributed by atoms with Crippen molar-refractivity contribution in [2.75, 3.05) is 0 Å². The molecule has 0 saturated carbocycles. The van der Waals surface area contributed by atoms with Crippen molar-refractivity contribution in [1.29, 1.82) is 0 Å². The van der Waals surface area contributed by atoms with Crippen molar-refractivity contribution in [2.45, 2.75) is 0 Å². The fourth-order valence-electron chi connectivity index (χ4n) is 1.24. The van der Waals surface area contributed by atoms with Crippen LogP contribution >= 0.6 is 37.2 Å². The van der Waals surface area contributed by atoms with Gasteiger partial charge in [0.2, 0.25) is 0 Å². The van der Waals surface area contributed by atoms with Crippen LogP contribution in [-0.2, 0) is 7.05 Å². The molecule has 0 aliphatic heterocycles. The first-order chi connectivity index (χ1) is 7.77. The molecule has 16 heavy (non-hydrogen) atoms. The third-order valence-electron chi connectivity index (χ3n) is 1.99. The van der Waals surface area contributed by atoms with Gasteiger partial charge in [-0.2, -0.15) is 0 Å². The Labute approximate surface area is 125 Å². The zero-order valence-electron chi connectivity index (χ0n) is 8.65. The number of hydrogen-bond acceptors (Lipinski definition) is 1. The van der Waals surface area contributed by atoms with Crippen molar-refractivity contribution in [3.63, 3.8) is 0 Å². The van der Waals surface area contributed by atoms with Gasteiger partial charge in [0.15, 0.2) is 12.4 Å². The van der Waals surface area contributed by atoms with Crippen LogP contribution in [0.4, 0.5) is 0 Å². The van der Waals surface area contributed by atoms with E-state index in [-0.39, 0.29) is 0 Å². The van der Waals surface area contributed by atoms with E-state index in [2.05, 4.69) is 54.3 Å². The molecule has 0 unspecified atom stereocenters. The van der Waals surface area contributed by atoms with Gasteiger partial charge in [0, 0.05) is 24.5 Å². The Kier molecular flexibility index (Phi) is 7.79. The molecule has 0 bridgehead atoms. The normalized spacial score (nSPS) is 9.44. The van der Waals surface area contributed by atoms with Gasteiger partial charge in [-0.1, -0.05) is 0 Å². The standard InChI is InChI=1S/C11H11N2.I3/c1-13-8-4-11(5-9-13)10-2-6-12-7-3-10;1-3-2/h2-9H,1H3;/q+1;-1. The molecule has 2 nitrogen and oxygen atoms in total. The number of hydrogen-bond donors (Lipinski definition) is 0. The predicted molar refractivity (Wildman–Crippen MR) is 78.9 cm³/mol. The summed E-state index contributed by atoms with van der Waals surface area (Å²) in [6, 6.07) is 8.20. The summed E-state index contributed by atoms with van der Waals surface area (Å²) in [5.74, 6) is 0. The van der Waals surface area contributed by atoms with Crippen LogP contribution in [0.2, 0.25) is 0 Å². The molecular formula is C11H11I3N2. The van der Waals surface area contributed by atoms with Gasteiger partial charge in [0.1, 0.15) is 7.05 Å². The van der Waals surface area contributed by atoms with Gasteiger partial charge in [-0.15, -0.1) is 0 Å². The maximum absolute atomic E-state index is 3.98. The van der Waals surface area contributed by atoms with Gasteiger partial charge in [0.05, 0.1) is 0 Å². The zero-order valence-corrected chi connectivity index (χ0v) is 15.1. The summed E-state index contributed by atoms with van der Waals surface area (Å²) in [5.41, 5.74) is 2.43. The SMILES string of the molecule is C[n+]1ccc(-c2ccncc2)cc1.I[I-]I. The molecule has 0 radical (unpaired) electrons. The summed E-state index contributed by atoms with van der Waals surface area (Å²) in [4.78, 5) is 3.98. The molecule has 0 N–H and O–H groups in total. The number of halogens is 3. The Balaban J connectivity index is 0.000000386. The van der Waals surface area contributed by atoms with Crippen molar-refractivity contribution < 1.29 is 17.8 Å². The second kappa shape index (κ2) is 8.56. The average Bonchev–Trinajstić information content (AvgIpc) is 2.32. The summed E-state index contributed by atoms with van der Waals surface area (Å²) < 4.78 is 2.02. The summed E-state index contributed by atoms with van der Waals surface area (Å²) in [6.07, 6.45) is 7.69. The second-order valence-corrected chi connectivity index (χ2v) is 19.3. The van der Waals surface area contributed by atoms with Gasteiger partial charge in [-0.25, -0.2) is 4.57 Å². The molecule has 2 rings (SSSR count). The molecule has 5 heteroatoms. The first-order valence-electron chi connectivity index (χ1n) is 4.50. The van der Waals surface area contributed by atoms with E-state index in [4.69, 9.17) is 0 Å². The average molecular weight is 552 g/mol. The van der Waals surface area contributed by atoms with Crippen LogP contribution in [0.15, 0.2) is 49.1 Å². The molecule has 0 atom stereocenters. The first-order valence-corrected chi connectivity index (χ1v) is 17.1. The van der Waals surface area contributed by atoms with Crippen LogP contribution < -0.4 is 17.8 Å². The zero-order chi connectivity index (χ0) is 11.8. The Hall–Kier alpha value is 0.490. The third-order valence-corrected chi connectivity index (χ3v) is 1.99. The Morgan fingerprint density at radius 1 is 1.00 bits per heavy atom. The van der Waals surface area contributed by atoms with E-state index in [1.807, 2.05) is 48.5 Å². The minimum atomic E-state index is 0.530. The Morgan fingerprint density at radius 3 is 1.94 bits per heavy atom. The topological polar surface area (TPSA) is 16.8 Å². The van der Waals surface area contributed by atoms with Crippen LogP contribution in [0.25, 0.3) is 11.1 Å². The Morgan fingerprint density at radius 2 is 1.44 bits per heavy atom. The summed E-state index contributed by atoms with van der Waals surface area (Å²) in [7, 11) is 2.01. The second-order valence-electron chi connectivity index (χ2n) is 3.04. The molecule has 2 aromatic rings. The summed E-state index contributed by atoms with van der Waals surface area (Å²) in [6.45, 7) is 0. The van der Waals surface area contributed by atoms with Crippen LogP contribution in [0, 0.1) is 0 Å². The number of nitrogens with zero attached hydrogens (tertiary/aromatic N) is 2. The van der Waals surface area contributed by atoms with Gasteiger partial charge in [-0.3, -0.25) is 4.98 Å². The fourth-order valence-corrected chi connectivity index (χ4v) is 1.24. The van der Waals surface area contributed by atoms with Gasteiger partial charge in [-0.05, 0) is 23.3 Å². The molecule has 0 aliphatic rings. The quantitative estimate of drug-likeness (QED) is 0.369. The number of aryl methyl sites for hydroxylation is 1.